The summed E-state index contributed by atoms with van der Waals surface area (Å²) < 4.78 is 11.1. The Morgan fingerprint density at radius 1 is 1.18 bits per heavy atom. The van der Waals surface area contributed by atoms with E-state index in [-0.39, 0.29) is 24.5 Å². The number of para-hydroxylation sites is 1. The number of hydrogen-bond acceptors (Lipinski definition) is 6. The molecule has 1 saturated carbocycles. The number of benzene rings is 1. The molecule has 3 fully saturated rings. The van der Waals surface area contributed by atoms with Crippen LogP contribution in [0.2, 0.25) is 0 Å². The molecular formula is C21H26N4O3. The molecule has 1 aromatic heterocycles. The number of aromatic nitrogens is 2. The average Bonchev–Trinajstić information content (AvgIpc) is 3.16. The Labute approximate surface area is 164 Å². The SMILES string of the molecule is O=C(COc1ccccc1)N1CC(c2noc(C3CCCN3CC3CC3)n2)C1. The van der Waals surface area contributed by atoms with Crippen molar-refractivity contribution in [3.63, 3.8) is 0 Å². The first-order chi connectivity index (χ1) is 13.8. The summed E-state index contributed by atoms with van der Waals surface area (Å²) in [6.45, 7) is 3.62. The number of likely N-dealkylation sites (tertiary alicyclic amines) is 2. The van der Waals surface area contributed by atoms with Gasteiger partial charge < -0.3 is 14.2 Å². The zero-order chi connectivity index (χ0) is 18.9. The van der Waals surface area contributed by atoms with E-state index in [9.17, 15) is 4.79 Å². The van der Waals surface area contributed by atoms with Gasteiger partial charge in [0.1, 0.15) is 5.75 Å². The third-order valence-corrected chi connectivity index (χ3v) is 6.00. The fraction of sp³-hybridized carbons (Fsp3) is 0.571. The molecule has 1 atom stereocenters. The van der Waals surface area contributed by atoms with Crippen molar-refractivity contribution in [2.75, 3.05) is 32.8 Å². The Morgan fingerprint density at radius 2 is 2.00 bits per heavy atom. The number of amides is 1. The van der Waals surface area contributed by atoms with Gasteiger partial charge in [0.05, 0.1) is 12.0 Å². The maximum absolute atomic E-state index is 12.3. The normalized spacial score (nSPS) is 23.0. The Bertz CT molecular complexity index is 814. The van der Waals surface area contributed by atoms with Crippen LogP contribution in [0.5, 0.6) is 5.75 Å². The van der Waals surface area contributed by atoms with Gasteiger partial charge in [0, 0.05) is 19.6 Å². The summed E-state index contributed by atoms with van der Waals surface area (Å²) in [6.07, 6.45) is 5.01. The lowest BCUT2D eigenvalue weighted by Gasteiger charge is -2.37. The fourth-order valence-corrected chi connectivity index (χ4v) is 4.10. The Morgan fingerprint density at radius 3 is 2.79 bits per heavy atom. The molecule has 28 heavy (non-hydrogen) atoms. The van der Waals surface area contributed by atoms with Crippen LogP contribution in [-0.2, 0) is 4.79 Å². The van der Waals surface area contributed by atoms with E-state index >= 15 is 0 Å². The fourth-order valence-electron chi connectivity index (χ4n) is 4.10. The third kappa shape index (κ3) is 3.76. The van der Waals surface area contributed by atoms with E-state index in [0.717, 1.165) is 37.1 Å². The van der Waals surface area contributed by atoms with Crippen LogP contribution in [0.1, 0.15) is 49.4 Å². The van der Waals surface area contributed by atoms with Crippen molar-refractivity contribution >= 4 is 5.91 Å². The van der Waals surface area contributed by atoms with Crippen molar-refractivity contribution in [3.8, 4) is 5.75 Å². The van der Waals surface area contributed by atoms with Crippen LogP contribution in [0, 0.1) is 5.92 Å². The van der Waals surface area contributed by atoms with Gasteiger partial charge in [-0.3, -0.25) is 9.69 Å². The minimum Gasteiger partial charge on any atom is -0.484 e. The van der Waals surface area contributed by atoms with Gasteiger partial charge in [-0.2, -0.15) is 4.98 Å². The topological polar surface area (TPSA) is 71.7 Å². The predicted molar refractivity (Wildman–Crippen MR) is 102 cm³/mol. The van der Waals surface area contributed by atoms with Crippen LogP contribution in [0.15, 0.2) is 34.9 Å². The Hall–Kier alpha value is -2.41. The zero-order valence-electron chi connectivity index (χ0n) is 16.0. The van der Waals surface area contributed by atoms with Crippen molar-refractivity contribution in [2.24, 2.45) is 5.92 Å². The minimum absolute atomic E-state index is 0.00442. The van der Waals surface area contributed by atoms with Crippen LogP contribution in [0.25, 0.3) is 0 Å². The van der Waals surface area contributed by atoms with E-state index in [2.05, 4.69) is 10.1 Å². The highest BCUT2D eigenvalue weighted by atomic mass is 16.5. The summed E-state index contributed by atoms with van der Waals surface area (Å²) in [5.41, 5.74) is 0. The van der Waals surface area contributed by atoms with Crippen molar-refractivity contribution in [2.45, 2.75) is 37.6 Å². The molecule has 5 rings (SSSR count). The monoisotopic (exact) mass is 382 g/mol. The number of nitrogens with zero attached hydrogens (tertiary/aromatic N) is 4. The Balaban J connectivity index is 1.12. The van der Waals surface area contributed by atoms with Crippen molar-refractivity contribution in [1.82, 2.24) is 19.9 Å². The molecular weight excluding hydrogens is 356 g/mol. The molecule has 7 nitrogen and oxygen atoms in total. The molecule has 1 aromatic carbocycles. The predicted octanol–water partition coefficient (Wildman–Crippen LogP) is 2.62. The van der Waals surface area contributed by atoms with Gasteiger partial charge in [0.25, 0.3) is 5.91 Å². The third-order valence-electron chi connectivity index (χ3n) is 6.00. The number of carbonyl (C=O) groups is 1. The summed E-state index contributed by atoms with van der Waals surface area (Å²) in [5.74, 6) is 3.23. The van der Waals surface area contributed by atoms with E-state index in [1.54, 1.807) is 4.90 Å². The number of ether oxygens (including phenoxy) is 1. The second-order valence-corrected chi connectivity index (χ2v) is 8.18. The highest BCUT2D eigenvalue weighted by molar-refractivity contribution is 5.78. The molecule has 1 unspecified atom stereocenters. The minimum atomic E-state index is -0.00442. The lowest BCUT2D eigenvalue weighted by molar-refractivity contribution is -0.138. The molecule has 0 radical (unpaired) electrons. The molecule has 2 aromatic rings. The first-order valence-electron chi connectivity index (χ1n) is 10.3. The molecule has 0 bridgehead atoms. The molecule has 1 amide bonds. The molecule has 0 N–H and O–H groups in total. The molecule has 1 aliphatic carbocycles. The van der Waals surface area contributed by atoms with Gasteiger partial charge in [-0.15, -0.1) is 0 Å². The lowest BCUT2D eigenvalue weighted by Crippen LogP contribution is -2.50. The largest absolute Gasteiger partial charge is 0.484 e. The van der Waals surface area contributed by atoms with Gasteiger partial charge in [-0.25, -0.2) is 0 Å². The van der Waals surface area contributed by atoms with Crippen LogP contribution >= 0.6 is 0 Å². The van der Waals surface area contributed by atoms with Gasteiger partial charge in [0.2, 0.25) is 5.89 Å². The lowest BCUT2D eigenvalue weighted by atomic mass is 9.99. The highest BCUT2D eigenvalue weighted by Crippen LogP contribution is 2.37. The molecule has 2 aliphatic heterocycles. The van der Waals surface area contributed by atoms with Crippen LogP contribution in [0.4, 0.5) is 0 Å². The van der Waals surface area contributed by atoms with Crippen LogP contribution < -0.4 is 4.74 Å². The van der Waals surface area contributed by atoms with Gasteiger partial charge in [-0.1, -0.05) is 23.4 Å². The van der Waals surface area contributed by atoms with Crippen molar-refractivity contribution < 1.29 is 14.1 Å². The molecule has 7 heteroatoms. The van der Waals surface area contributed by atoms with Crippen molar-refractivity contribution in [3.05, 3.63) is 42.0 Å². The number of rotatable bonds is 7. The smallest absolute Gasteiger partial charge is 0.260 e. The highest BCUT2D eigenvalue weighted by Gasteiger charge is 2.38. The quantitative estimate of drug-likeness (QED) is 0.733. The van der Waals surface area contributed by atoms with E-state index in [4.69, 9.17) is 14.2 Å². The first-order valence-corrected chi connectivity index (χ1v) is 10.3. The number of hydrogen-bond donors (Lipinski definition) is 0. The second-order valence-electron chi connectivity index (χ2n) is 8.18. The summed E-state index contributed by atoms with van der Waals surface area (Å²) in [5, 5.41) is 4.22. The first kappa shape index (κ1) is 17.7. The van der Waals surface area contributed by atoms with E-state index in [1.165, 1.54) is 19.3 Å². The molecule has 0 spiro atoms. The van der Waals surface area contributed by atoms with E-state index < -0.39 is 0 Å². The zero-order valence-corrected chi connectivity index (χ0v) is 16.0. The summed E-state index contributed by atoms with van der Waals surface area (Å²) >= 11 is 0. The van der Waals surface area contributed by atoms with E-state index in [1.807, 2.05) is 30.3 Å². The van der Waals surface area contributed by atoms with Gasteiger partial charge in [0.15, 0.2) is 12.4 Å². The van der Waals surface area contributed by atoms with Crippen LogP contribution in [0.3, 0.4) is 0 Å². The van der Waals surface area contributed by atoms with Crippen LogP contribution in [-0.4, -0.2) is 58.6 Å². The second kappa shape index (κ2) is 7.54. The number of carbonyl (C=O) groups excluding carboxylic acids is 1. The molecule has 3 aliphatic rings. The van der Waals surface area contributed by atoms with Gasteiger partial charge >= 0.3 is 0 Å². The van der Waals surface area contributed by atoms with Gasteiger partial charge in [-0.05, 0) is 50.3 Å². The molecule has 3 heterocycles. The molecule has 148 valence electrons. The summed E-state index contributed by atoms with van der Waals surface area (Å²) in [7, 11) is 0. The van der Waals surface area contributed by atoms with E-state index in [0.29, 0.717) is 18.8 Å². The maximum Gasteiger partial charge on any atom is 0.260 e. The standard InChI is InChI=1S/C21H26N4O3/c26-19(14-27-17-5-2-1-3-6-17)25-12-16(13-25)20-22-21(28-23-20)18-7-4-10-24(18)11-15-8-9-15/h1-3,5-6,15-16,18H,4,7-14H2. The average molecular weight is 382 g/mol. The Kier molecular flexibility index (Phi) is 4.76. The summed E-state index contributed by atoms with van der Waals surface area (Å²) in [4.78, 5) is 21.3. The molecule has 2 saturated heterocycles. The maximum atomic E-state index is 12.3. The van der Waals surface area contributed by atoms with Crippen molar-refractivity contribution in [1.29, 1.82) is 0 Å². The summed E-state index contributed by atoms with van der Waals surface area (Å²) in [6, 6.07) is 9.68.